The highest BCUT2D eigenvalue weighted by Crippen LogP contribution is 2.08. The zero-order valence-electron chi connectivity index (χ0n) is 9.13. The summed E-state index contributed by atoms with van der Waals surface area (Å²) in [5.74, 6) is 0. The van der Waals surface area contributed by atoms with Crippen LogP contribution >= 0.6 is 0 Å². The third-order valence-corrected chi connectivity index (χ3v) is 2.58. The van der Waals surface area contributed by atoms with E-state index in [2.05, 4.69) is 6.92 Å². The summed E-state index contributed by atoms with van der Waals surface area (Å²) in [6, 6.07) is 0. The topological polar surface area (TPSA) is 48.0 Å². The van der Waals surface area contributed by atoms with Gasteiger partial charge in [0.1, 0.15) is 0 Å². The Morgan fingerprint density at radius 2 is 2.07 bits per heavy atom. The Hall–Kier alpha value is -1.09. The number of nitrogens with zero attached hydrogens (tertiary/aromatic N) is 1. The Bertz CT molecular complexity index is 380. The van der Waals surface area contributed by atoms with E-state index < -0.39 is 0 Å². The van der Waals surface area contributed by atoms with Crippen molar-refractivity contribution in [1.29, 1.82) is 0 Å². The number of hydrogen-bond acceptors (Lipinski definition) is 2. The van der Waals surface area contributed by atoms with E-state index in [-0.39, 0.29) is 5.56 Å². The van der Waals surface area contributed by atoms with Crippen molar-refractivity contribution in [2.24, 2.45) is 5.73 Å². The predicted molar refractivity (Wildman–Crippen MR) is 58.4 cm³/mol. The molecule has 0 saturated carbocycles. The van der Waals surface area contributed by atoms with Gasteiger partial charge in [0.05, 0.1) is 0 Å². The lowest BCUT2D eigenvalue weighted by atomic mass is 10.1. The molecule has 1 heterocycles. The van der Waals surface area contributed by atoms with Crippen LogP contribution in [0.1, 0.15) is 30.0 Å². The predicted octanol–water partition coefficient (Wildman–Crippen LogP) is 1.33. The summed E-state index contributed by atoms with van der Waals surface area (Å²) >= 11 is 0. The highest BCUT2D eigenvalue weighted by molar-refractivity contribution is 5.29. The molecule has 1 rings (SSSR count). The lowest BCUT2D eigenvalue weighted by molar-refractivity contribution is 0.642. The van der Waals surface area contributed by atoms with Crippen molar-refractivity contribution in [2.75, 3.05) is 0 Å². The largest absolute Gasteiger partial charge is 0.326 e. The quantitative estimate of drug-likeness (QED) is 0.789. The average molecular weight is 194 g/mol. The monoisotopic (exact) mass is 194 g/mol. The smallest absolute Gasteiger partial charge is 0.255 e. The Labute approximate surface area is 84.6 Å². The second-order valence-corrected chi connectivity index (χ2v) is 3.62. The molecule has 0 fully saturated rings. The van der Waals surface area contributed by atoms with E-state index in [1.165, 1.54) is 0 Å². The highest BCUT2D eigenvalue weighted by Gasteiger charge is 2.07. The van der Waals surface area contributed by atoms with Gasteiger partial charge in [-0.15, -0.1) is 0 Å². The van der Waals surface area contributed by atoms with Gasteiger partial charge in [-0.05, 0) is 31.4 Å². The van der Waals surface area contributed by atoms with Crippen molar-refractivity contribution in [3.8, 4) is 0 Å². The molecule has 0 aliphatic rings. The van der Waals surface area contributed by atoms with Crippen LogP contribution in [-0.2, 0) is 13.1 Å². The first-order valence-corrected chi connectivity index (χ1v) is 5.01. The van der Waals surface area contributed by atoms with Gasteiger partial charge in [0.2, 0.25) is 0 Å². The Morgan fingerprint density at radius 1 is 1.43 bits per heavy atom. The maximum Gasteiger partial charge on any atom is 0.255 e. The number of pyridine rings is 1. The van der Waals surface area contributed by atoms with Crippen molar-refractivity contribution in [3.63, 3.8) is 0 Å². The van der Waals surface area contributed by atoms with Gasteiger partial charge in [0.15, 0.2) is 0 Å². The molecular weight excluding hydrogens is 176 g/mol. The fraction of sp³-hybridized carbons (Fsp3) is 0.545. The van der Waals surface area contributed by atoms with Crippen molar-refractivity contribution in [2.45, 2.75) is 40.3 Å². The summed E-state index contributed by atoms with van der Waals surface area (Å²) in [4.78, 5) is 11.8. The van der Waals surface area contributed by atoms with Crippen molar-refractivity contribution in [1.82, 2.24) is 4.57 Å². The van der Waals surface area contributed by atoms with Gasteiger partial charge >= 0.3 is 0 Å². The van der Waals surface area contributed by atoms with Crippen LogP contribution in [0.15, 0.2) is 11.0 Å². The molecule has 0 spiro atoms. The molecule has 14 heavy (non-hydrogen) atoms. The molecule has 3 heteroatoms. The van der Waals surface area contributed by atoms with Gasteiger partial charge < -0.3 is 10.3 Å². The van der Waals surface area contributed by atoms with Gasteiger partial charge in [-0.25, -0.2) is 0 Å². The first-order valence-electron chi connectivity index (χ1n) is 5.01. The molecule has 1 aromatic rings. The van der Waals surface area contributed by atoms with Gasteiger partial charge in [-0.3, -0.25) is 4.79 Å². The number of rotatable bonds is 3. The van der Waals surface area contributed by atoms with E-state index in [9.17, 15) is 4.79 Å². The van der Waals surface area contributed by atoms with Gasteiger partial charge in [0, 0.05) is 24.8 Å². The van der Waals surface area contributed by atoms with Crippen molar-refractivity contribution < 1.29 is 0 Å². The van der Waals surface area contributed by atoms with Gasteiger partial charge in [-0.2, -0.15) is 0 Å². The molecule has 0 bridgehead atoms. The number of nitrogens with two attached hydrogens (primary N) is 1. The molecular formula is C11H18N2O. The van der Waals surface area contributed by atoms with Crippen LogP contribution in [0.2, 0.25) is 0 Å². The maximum atomic E-state index is 11.8. The summed E-state index contributed by atoms with van der Waals surface area (Å²) in [6.07, 6.45) is 2.88. The van der Waals surface area contributed by atoms with Gasteiger partial charge in [-0.1, -0.05) is 6.92 Å². The van der Waals surface area contributed by atoms with Crippen LogP contribution in [0.5, 0.6) is 0 Å². The van der Waals surface area contributed by atoms with Gasteiger partial charge in [0.25, 0.3) is 5.56 Å². The van der Waals surface area contributed by atoms with Crippen molar-refractivity contribution in [3.05, 3.63) is 33.2 Å². The van der Waals surface area contributed by atoms with E-state index in [4.69, 9.17) is 5.73 Å². The second kappa shape index (κ2) is 4.42. The zero-order chi connectivity index (χ0) is 10.7. The van der Waals surface area contributed by atoms with E-state index >= 15 is 0 Å². The SMILES string of the molecule is CCCn1cc(C)c(C)c(CN)c1=O. The van der Waals surface area contributed by atoms with E-state index in [0.717, 1.165) is 29.7 Å². The summed E-state index contributed by atoms with van der Waals surface area (Å²) in [5.41, 5.74) is 8.56. The third kappa shape index (κ3) is 1.87. The first-order chi connectivity index (χ1) is 6.61. The summed E-state index contributed by atoms with van der Waals surface area (Å²) < 4.78 is 1.75. The summed E-state index contributed by atoms with van der Waals surface area (Å²) in [6.45, 7) is 7.13. The minimum absolute atomic E-state index is 0.0671. The minimum atomic E-state index is 0.0671. The molecule has 2 N–H and O–H groups in total. The standard InChI is InChI=1S/C11H18N2O/c1-4-5-13-7-8(2)9(3)10(6-12)11(13)14/h7H,4-6,12H2,1-3H3. The Morgan fingerprint density at radius 3 is 2.57 bits per heavy atom. The second-order valence-electron chi connectivity index (χ2n) is 3.62. The number of aromatic nitrogens is 1. The van der Waals surface area contributed by atoms with Crippen LogP contribution in [0, 0.1) is 13.8 Å². The molecule has 0 amide bonds. The van der Waals surface area contributed by atoms with Crippen molar-refractivity contribution >= 4 is 0 Å². The summed E-state index contributed by atoms with van der Waals surface area (Å²) in [5, 5.41) is 0. The molecule has 0 aliphatic heterocycles. The molecule has 78 valence electrons. The van der Waals surface area contributed by atoms with E-state index in [1.807, 2.05) is 20.0 Å². The van der Waals surface area contributed by atoms with Crippen LogP contribution in [0.4, 0.5) is 0 Å². The van der Waals surface area contributed by atoms with Crippen LogP contribution in [-0.4, -0.2) is 4.57 Å². The van der Waals surface area contributed by atoms with E-state index in [0.29, 0.717) is 6.54 Å². The molecule has 1 aromatic heterocycles. The maximum absolute atomic E-state index is 11.8. The molecule has 0 radical (unpaired) electrons. The van der Waals surface area contributed by atoms with Crippen LogP contribution in [0.3, 0.4) is 0 Å². The lowest BCUT2D eigenvalue weighted by Gasteiger charge is -2.11. The van der Waals surface area contributed by atoms with Crippen LogP contribution < -0.4 is 11.3 Å². The molecule has 0 aliphatic carbocycles. The number of aryl methyl sites for hydroxylation is 2. The molecule has 0 aromatic carbocycles. The first kappa shape index (κ1) is 11.0. The summed E-state index contributed by atoms with van der Waals surface area (Å²) in [7, 11) is 0. The fourth-order valence-electron chi connectivity index (χ4n) is 1.61. The normalized spacial score (nSPS) is 10.6. The van der Waals surface area contributed by atoms with E-state index in [1.54, 1.807) is 4.57 Å². The zero-order valence-corrected chi connectivity index (χ0v) is 9.13. The van der Waals surface area contributed by atoms with Crippen LogP contribution in [0.25, 0.3) is 0 Å². The molecule has 0 atom stereocenters. The lowest BCUT2D eigenvalue weighted by Crippen LogP contribution is -2.27. The molecule has 0 unspecified atom stereocenters. The number of hydrogen-bond donors (Lipinski definition) is 1. The minimum Gasteiger partial charge on any atom is -0.326 e. The Balaban J connectivity index is 3.35. The Kier molecular flexibility index (Phi) is 3.47. The highest BCUT2D eigenvalue weighted by atomic mass is 16.1. The fourth-order valence-corrected chi connectivity index (χ4v) is 1.61. The molecule has 0 saturated heterocycles. The molecule has 3 nitrogen and oxygen atoms in total. The third-order valence-electron chi connectivity index (χ3n) is 2.58. The average Bonchev–Trinajstić information content (AvgIpc) is 2.16.